The molecule has 0 aliphatic carbocycles. The van der Waals surface area contributed by atoms with E-state index in [9.17, 15) is 8.87 Å². The number of nitrogens with zero attached hydrogens (tertiary/aromatic N) is 1. The van der Waals surface area contributed by atoms with E-state index in [0.29, 0.717) is 5.12 Å². The molecule has 0 amide bonds. The second-order valence-electron chi connectivity index (χ2n) is 2.32. The van der Waals surface area contributed by atoms with Gasteiger partial charge in [-0.05, 0) is 0 Å². The van der Waals surface area contributed by atoms with Gasteiger partial charge < -0.3 is 0 Å². The number of hydrogen-bond donors (Lipinski definition) is 0. The van der Waals surface area contributed by atoms with Gasteiger partial charge in [0.2, 0.25) is 0 Å². The maximum atomic E-state index is 12.3. The third kappa shape index (κ3) is 0.968. The van der Waals surface area contributed by atoms with Gasteiger partial charge in [-0.1, -0.05) is 6.92 Å². The van der Waals surface area contributed by atoms with E-state index in [1.807, 2.05) is 0 Å². The third-order valence-corrected chi connectivity index (χ3v) is 1.48. The van der Waals surface area contributed by atoms with Gasteiger partial charge in [0.1, 0.15) is 6.17 Å². The summed E-state index contributed by atoms with van der Waals surface area (Å²) in [5.74, 6) is -0.125. The Morgan fingerprint density at radius 2 is 2.12 bits per heavy atom. The summed E-state index contributed by atoms with van der Waals surface area (Å²) in [4.78, 5) is 0. The van der Waals surface area contributed by atoms with Gasteiger partial charge in [0.25, 0.3) is 0 Å². The maximum Gasteiger partial charge on any atom is 0.119 e. The lowest BCUT2D eigenvalue weighted by Crippen LogP contribution is -2.09. The van der Waals surface area contributed by atoms with Crippen LogP contribution in [0, 0.1) is 5.92 Å². The van der Waals surface area contributed by atoms with Crippen LogP contribution < -0.4 is 0 Å². The fourth-order valence-electron chi connectivity index (χ4n) is 0.871. The van der Waals surface area contributed by atoms with Crippen molar-refractivity contribution in [2.75, 3.05) is 13.1 Å². The Morgan fingerprint density at radius 1 is 1.50 bits per heavy atom. The average Bonchev–Trinajstić information content (AvgIpc) is 1.85. The van der Waals surface area contributed by atoms with Gasteiger partial charge in [-0.15, -0.1) is 9.60 Å². The minimum atomic E-state index is -0.958. The van der Waals surface area contributed by atoms with Gasteiger partial charge in [0.05, 0.1) is 6.54 Å². The Labute approximate surface area is 47.2 Å². The highest BCUT2D eigenvalue weighted by Crippen LogP contribution is 2.18. The van der Waals surface area contributed by atoms with Crippen LogP contribution in [0.4, 0.5) is 8.87 Å². The fraction of sp³-hybridized carbons (Fsp3) is 1.00. The van der Waals surface area contributed by atoms with Crippen molar-refractivity contribution in [3.8, 4) is 0 Å². The molecule has 1 saturated heterocycles. The first-order valence-electron chi connectivity index (χ1n) is 2.75. The van der Waals surface area contributed by atoms with E-state index in [1.54, 1.807) is 6.92 Å². The summed E-state index contributed by atoms with van der Waals surface area (Å²) in [6, 6.07) is 0. The first-order chi connectivity index (χ1) is 3.70. The van der Waals surface area contributed by atoms with Crippen LogP contribution in [0.5, 0.6) is 0 Å². The van der Waals surface area contributed by atoms with Crippen molar-refractivity contribution in [2.45, 2.75) is 13.1 Å². The molecule has 0 N–H and O–H groups in total. The Hall–Kier alpha value is -0.180. The standard InChI is InChI=1S/C5H9F2N/c1-4-2-8(7)3-5(4)6/h4-5H,2-3H2,1H3. The molecule has 2 atom stereocenters. The van der Waals surface area contributed by atoms with E-state index in [2.05, 4.69) is 0 Å². The highest BCUT2D eigenvalue weighted by Gasteiger charge is 2.29. The molecule has 2 unspecified atom stereocenters. The molecule has 1 rings (SSSR count). The lowest BCUT2D eigenvalue weighted by atomic mass is 10.1. The van der Waals surface area contributed by atoms with Crippen LogP contribution >= 0.6 is 0 Å². The lowest BCUT2D eigenvalue weighted by molar-refractivity contribution is 0.0476. The largest absolute Gasteiger partial charge is 0.246 e. The lowest BCUT2D eigenvalue weighted by Gasteiger charge is -1.98. The summed E-state index contributed by atoms with van der Waals surface area (Å²) >= 11 is 0. The molecule has 1 aliphatic rings. The first kappa shape index (κ1) is 5.95. The zero-order valence-electron chi connectivity index (χ0n) is 4.77. The van der Waals surface area contributed by atoms with Crippen molar-refractivity contribution in [1.82, 2.24) is 5.12 Å². The van der Waals surface area contributed by atoms with Gasteiger partial charge in [0.15, 0.2) is 0 Å². The zero-order valence-corrected chi connectivity index (χ0v) is 4.77. The van der Waals surface area contributed by atoms with Crippen molar-refractivity contribution in [3.63, 3.8) is 0 Å². The van der Waals surface area contributed by atoms with Crippen molar-refractivity contribution >= 4 is 0 Å². The van der Waals surface area contributed by atoms with Crippen LogP contribution in [0.2, 0.25) is 0 Å². The van der Waals surface area contributed by atoms with Gasteiger partial charge >= 0.3 is 0 Å². The summed E-state index contributed by atoms with van der Waals surface area (Å²) in [6.45, 7) is 1.92. The smallest absolute Gasteiger partial charge is 0.119 e. The van der Waals surface area contributed by atoms with Gasteiger partial charge in [0, 0.05) is 12.5 Å². The van der Waals surface area contributed by atoms with E-state index in [1.165, 1.54) is 0 Å². The van der Waals surface area contributed by atoms with Crippen LogP contribution in [0.1, 0.15) is 6.92 Å². The molecule has 0 radical (unpaired) electrons. The van der Waals surface area contributed by atoms with E-state index in [-0.39, 0.29) is 19.0 Å². The Morgan fingerprint density at radius 3 is 2.25 bits per heavy atom. The van der Waals surface area contributed by atoms with Crippen molar-refractivity contribution in [3.05, 3.63) is 0 Å². The molecule has 8 heavy (non-hydrogen) atoms. The van der Waals surface area contributed by atoms with Crippen molar-refractivity contribution in [1.29, 1.82) is 0 Å². The summed E-state index contributed by atoms with van der Waals surface area (Å²) in [5, 5.41) is 0.523. The molecule has 1 fully saturated rings. The average molecular weight is 121 g/mol. The molecule has 0 aromatic heterocycles. The van der Waals surface area contributed by atoms with Gasteiger partial charge in [-0.3, -0.25) is 0 Å². The second-order valence-corrected chi connectivity index (χ2v) is 2.32. The Bertz CT molecular complexity index is 76.5. The molecule has 0 aromatic rings. The third-order valence-electron chi connectivity index (χ3n) is 1.48. The molecular weight excluding hydrogens is 112 g/mol. The van der Waals surface area contributed by atoms with Gasteiger partial charge in [-0.2, -0.15) is 0 Å². The van der Waals surface area contributed by atoms with Crippen LogP contribution in [-0.2, 0) is 0 Å². The Kier molecular flexibility index (Phi) is 1.47. The SMILES string of the molecule is CC1CN(F)CC1F. The monoisotopic (exact) mass is 121 g/mol. The molecule has 1 heterocycles. The highest BCUT2D eigenvalue weighted by atomic mass is 19.2. The molecule has 3 heteroatoms. The zero-order chi connectivity index (χ0) is 6.15. The first-order valence-corrected chi connectivity index (χ1v) is 2.75. The minimum Gasteiger partial charge on any atom is -0.246 e. The van der Waals surface area contributed by atoms with Crippen LogP contribution in [0.3, 0.4) is 0 Å². The molecule has 0 saturated carbocycles. The normalized spacial score (nSPS) is 40.9. The number of rotatable bonds is 0. The Balaban J connectivity index is 2.39. The van der Waals surface area contributed by atoms with E-state index in [4.69, 9.17) is 0 Å². The molecule has 1 aliphatic heterocycles. The predicted molar refractivity (Wildman–Crippen MR) is 26.7 cm³/mol. The maximum absolute atomic E-state index is 12.3. The number of halogens is 2. The summed E-state index contributed by atoms with van der Waals surface area (Å²) in [7, 11) is 0. The minimum absolute atomic E-state index is 0.0405. The second kappa shape index (κ2) is 1.97. The molecule has 0 aromatic carbocycles. The van der Waals surface area contributed by atoms with E-state index >= 15 is 0 Å². The molecule has 0 spiro atoms. The quantitative estimate of drug-likeness (QED) is 0.435. The van der Waals surface area contributed by atoms with Gasteiger partial charge in [-0.25, -0.2) is 4.39 Å². The molecule has 48 valence electrons. The number of hydrogen-bond acceptors (Lipinski definition) is 1. The molecule has 0 bridgehead atoms. The molecular formula is C5H9F2N. The van der Waals surface area contributed by atoms with E-state index in [0.717, 1.165) is 0 Å². The van der Waals surface area contributed by atoms with Crippen LogP contribution in [0.15, 0.2) is 0 Å². The summed E-state index contributed by atoms with van der Waals surface area (Å²) < 4.78 is 24.3. The summed E-state index contributed by atoms with van der Waals surface area (Å²) in [5.41, 5.74) is 0. The summed E-state index contributed by atoms with van der Waals surface area (Å²) in [6.07, 6.45) is -0.958. The van der Waals surface area contributed by atoms with E-state index < -0.39 is 6.17 Å². The van der Waals surface area contributed by atoms with Crippen LogP contribution in [0.25, 0.3) is 0 Å². The molecule has 1 nitrogen and oxygen atoms in total. The van der Waals surface area contributed by atoms with Crippen molar-refractivity contribution in [2.24, 2.45) is 5.92 Å². The predicted octanol–water partition coefficient (Wildman–Crippen LogP) is 1.16. The van der Waals surface area contributed by atoms with Crippen molar-refractivity contribution < 1.29 is 8.87 Å². The number of alkyl halides is 1. The van der Waals surface area contributed by atoms with Crippen LogP contribution in [-0.4, -0.2) is 24.4 Å². The highest BCUT2D eigenvalue weighted by molar-refractivity contribution is 4.75. The topological polar surface area (TPSA) is 3.24 Å². The fourth-order valence-corrected chi connectivity index (χ4v) is 0.871.